The first kappa shape index (κ1) is 16.6. The molecule has 5 heteroatoms. The summed E-state index contributed by atoms with van der Waals surface area (Å²) in [5, 5.41) is 9.52. The number of carboxylic acid groups (broad SMARTS) is 1. The average molecular weight is 330 g/mol. The molecular weight excluding hydrogens is 311 g/mol. The van der Waals surface area contributed by atoms with E-state index >= 15 is 0 Å². The molecule has 1 fully saturated rings. The maximum absolute atomic E-state index is 13.5. The summed E-state index contributed by atoms with van der Waals surface area (Å²) in [7, 11) is 0. The van der Waals surface area contributed by atoms with Crippen molar-refractivity contribution in [3.05, 3.63) is 71.5 Å². The Bertz CT molecular complexity index is 689. The van der Waals surface area contributed by atoms with E-state index in [1.807, 2.05) is 30.3 Å². The number of carboxylic acids is 1. The fourth-order valence-corrected chi connectivity index (χ4v) is 3.00. The molecule has 1 aliphatic rings. The standard InChI is InChI=1S/C19H19FO4/c20-15-8-4-7-14(11-15)17-18(16(19(21)22)9-10-23-17)24-12-13-5-2-1-3-6-13/h1-8,11,16-18H,9-10,12H2,(H,21,22). The third kappa shape index (κ3) is 3.80. The molecule has 1 aliphatic heterocycles. The Morgan fingerprint density at radius 1 is 1.21 bits per heavy atom. The van der Waals surface area contributed by atoms with Crippen molar-refractivity contribution in [2.45, 2.75) is 25.2 Å². The summed E-state index contributed by atoms with van der Waals surface area (Å²) >= 11 is 0. The SMILES string of the molecule is O=C(O)C1CCOC(c2cccc(F)c2)C1OCc1ccccc1. The first-order valence-electron chi connectivity index (χ1n) is 7.90. The van der Waals surface area contributed by atoms with Gasteiger partial charge in [0.15, 0.2) is 0 Å². The number of rotatable bonds is 5. The number of benzene rings is 2. The number of carbonyl (C=O) groups is 1. The van der Waals surface area contributed by atoms with Crippen molar-refractivity contribution in [1.29, 1.82) is 0 Å². The van der Waals surface area contributed by atoms with E-state index in [0.29, 0.717) is 18.6 Å². The zero-order valence-electron chi connectivity index (χ0n) is 13.1. The quantitative estimate of drug-likeness (QED) is 0.910. The van der Waals surface area contributed by atoms with Crippen LogP contribution in [0.3, 0.4) is 0 Å². The van der Waals surface area contributed by atoms with E-state index in [1.165, 1.54) is 12.1 Å². The van der Waals surface area contributed by atoms with Gasteiger partial charge >= 0.3 is 5.97 Å². The number of ether oxygens (including phenoxy) is 2. The van der Waals surface area contributed by atoms with E-state index < -0.39 is 24.1 Å². The Morgan fingerprint density at radius 2 is 2.00 bits per heavy atom. The Labute approximate surface area is 139 Å². The highest BCUT2D eigenvalue weighted by Gasteiger charge is 2.40. The van der Waals surface area contributed by atoms with Crippen molar-refractivity contribution in [2.75, 3.05) is 6.61 Å². The number of hydrogen-bond donors (Lipinski definition) is 1. The first-order chi connectivity index (χ1) is 11.6. The third-order valence-electron chi connectivity index (χ3n) is 4.20. The number of halogens is 1. The Morgan fingerprint density at radius 3 is 2.71 bits per heavy atom. The fraction of sp³-hybridized carbons (Fsp3) is 0.316. The molecule has 126 valence electrons. The maximum Gasteiger partial charge on any atom is 0.309 e. The van der Waals surface area contributed by atoms with E-state index in [-0.39, 0.29) is 12.4 Å². The lowest BCUT2D eigenvalue weighted by molar-refractivity contribution is -0.173. The van der Waals surface area contributed by atoms with Crippen LogP contribution in [0.2, 0.25) is 0 Å². The molecule has 4 nitrogen and oxygen atoms in total. The van der Waals surface area contributed by atoms with Crippen molar-refractivity contribution in [3.8, 4) is 0 Å². The lowest BCUT2D eigenvalue weighted by Gasteiger charge is -2.36. The molecule has 24 heavy (non-hydrogen) atoms. The summed E-state index contributed by atoms with van der Waals surface area (Å²) in [6, 6.07) is 15.6. The second kappa shape index (κ2) is 7.55. The molecule has 2 aromatic carbocycles. The molecule has 0 amide bonds. The van der Waals surface area contributed by atoms with Crippen molar-refractivity contribution in [1.82, 2.24) is 0 Å². The van der Waals surface area contributed by atoms with Crippen LogP contribution in [-0.2, 0) is 20.9 Å². The van der Waals surface area contributed by atoms with Crippen LogP contribution in [0.25, 0.3) is 0 Å². The Hall–Kier alpha value is -2.24. The monoisotopic (exact) mass is 330 g/mol. The zero-order valence-corrected chi connectivity index (χ0v) is 13.1. The van der Waals surface area contributed by atoms with Crippen molar-refractivity contribution < 1.29 is 23.8 Å². The minimum atomic E-state index is -0.919. The van der Waals surface area contributed by atoms with E-state index in [1.54, 1.807) is 12.1 Å². The average Bonchev–Trinajstić information content (AvgIpc) is 2.60. The van der Waals surface area contributed by atoms with Gasteiger partial charge in [-0.25, -0.2) is 4.39 Å². The predicted molar refractivity (Wildman–Crippen MR) is 85.9 cm³/mol. The van der Waals surface area contributed by atoms with E-state index in [0.717, 1.165) is 5.56 Å². The molecule has 3 rings (SSSR count). The molecule has 3 atom stereocenters. The molecule has 1 saturated heterocycles. The van der Waals surface area contributed by atoms with Gasteiger partial charge in [0.05, 0.1) is 12.5 Å². The molecule has 0 spiro atoms. The minimum absolute atomic E-state index is 0.282. The van der Waals surface area contributed by atoms with Crippen LogP contribution in [0, 0.1) is 11.7 Å². The van der Waals surface area contributed by atoms with E-state index in [9.17, 15) is 14.3 Å². The van der Waals surface area contributed by atoms with Gasteiger partial charge in [-0.3, -0.25) is 4.79 Å². The van der Waals surface area contributed by atoms with Crippen LogP contribution >= 0.6 is 0 Å². The lowest BCUT2D eigenvalue weighted by Crippen LogP contribution is -2.41. The van der Waals surface area contributed by atoms with Crippen LogP contribution in [0.4, 0.5) is 4.39 Å². The van der Waals surface area contributed by atoms with Crippen molar-refractivity contribution >= 4 is 5.97 Å². The Balaban J connectivity index is 1.83. The van der Waals surface area contributed by atoms with Crippen LogP contribution < -0.4 is 0 Å². The first-order valence-corrected chi connectivity index (χ1v) is 7.90. The largest absolute Gasteiger partial charge is 0.481 e. The van der Waals surface area contributed by atoms with Gasteiger partial charge in [0.1, 0.15) is 18.0 Å². The van der Waals surface area contributed by atoms with Gasteiger partial charge in [-0.15, -0.1) is 0 Å². The summed E-state index contributed by atoms with van der Waals surface area (Å²) in [6.45, 7) is 0.591. The smallest absolute Gasteiger partial charge is 0.309 e. The summed E-state index contributed by atoms with van der Waals surface area (Å²) in [4.78, 5) is 11.6. The molecule has 1 heterocycles. The van der Waals surface area contributed by atoms with E-state index in [4.69, 9.17) is 9.47 Å². The summed E-state index contributed by atoms with van der Waals surface area (Å²) in [5.41, 5.74) is 1.55. The van der Waals surface area contributed by atoms with Crippen molar-refractivity contribution in [3.63, 3.8) is 0 Å². The van der Waals surface area contributed by atoms with E-state index in [2.05, 4.69) is 0 Å². The second-order valence-electron chi connectivity index (χ2n) is 5.84. The molecule has 3 unspecified atom stereocenters. The highest BCUT2D eigenvalue weighted by atomic mass is 19.1. The molecule has 2 aromatic rings. The Kier molecular flexibility index (Phi) is 5.23. The molecule has 0 bridgehead atoms. The molecular formula is C19H19FO4. The van der Waals surface area contributed by atoms with Gasteiger partial charge in [0.25, 0.3) is 0 Å². The summed E-state index contributed by atoms with van der Waals surface area (Å²) in [6.07, 6.45) is -0.891. The highest BCUT2D eigenvalue weighted by Crippen LogP contribution is 2.35. The normalized spacial score (nSPS) is 23.8. The highest BCUT2D eigenvalue weighted by molar-refractivity contribution is 5.71. The van der Waals surface area contributed by atoms with Gasteiger partial charge in [0, 0.05) is 6.61 Å². The molecule has 0 aromatic heterocycles. The molecule has 0 saturated carbocycles. The van der Waals surface area contributed by atoms with Crippen LogP contribution in [0.1, 0.15) is 23.7 Å². The second-order valence-corrected chi connectivity index (χ2v) is 5.84. The van der Waals surface area contributed by atoms with Gasteiger partial charge in [-0.05, 0) is 29.7 Å². The predicted octanol–water partition coefficient (Wildman–Crippen LogP) is 3.57. The fourth-order valence-electron chi connectivity index (χ4n) is 3.00. The third-order valence-corrected chi connectivity index (χ3v) is 4.20. The summed E-state index contributed by atoms with van der Waals surface area (Å²) in [5.74, 6) is -1.98. The number of hydrogen-bond acceptors (Lipinski definition) is 3. The minimum Gasteiger partial charge on any atom is -0.481 e. The van der Waals surface area contributed by atoms with Gasteiger partial charge in [-0.2, -0.15) is 0 Å². The van der Waals surface area contributed by atoms with Crippen LogP contribution in [0.5, 0.6) is 0 Å². The lowest BCUT2D eigenvalue weighted by atomic mass is 9.88. The van der Waals surface area contributed by atoms with Crippen LogP contribution in [0.15, 0.2) is 54.6 Å². The maximum atomic E-state index is 13.5. The van der Waals surface area contributed by atoms with Gasteiger partial charge < -0.3 is 14.6 Å². The molecule has 0 aliphatic carbocycles. The molecule has 0 radical (unpaired) electrons. The number of aliphatic carboxylic acids is 1. The summed E-state index contributed by atoms with van der Waals surface area (Å²) < 4.78 is 25.2. The van der Waals surface area contributed by atoms with Crippen LogP contribution in [-0.4, -0.2) is 23.8 Å². The topological polar surface area (TPSA) is 55.8 Å². The molecule has 1 N–H and O–H groups in total. The van der Waals surface area contributed by atoms with Gasteiger partial charge in [-0.1, -0.05) is 42.5 Å². The van der Waals surface area contributed by atoms with Gasteiger partial charge in [0.2, 0.25) is 0 Å². The van der Waals surface area contributed by atoms with Crippen molar-refractivity contribution in [2.24, 2.45) is 5.92 Å². The zero-order chi connectivity index (χ0) is 16.9.